The standard InChI is InChI=1S/C15H21N5O2/c1-11-8-12(18-22-11)10-19(2)15(21)14-5-7-20(17-14)13-4-3-6-16-9-13/h5,7-8,13,16H,3-4,6,9-10H2,1-2H3/t13-/m0/s1. The lowest BCUT2D eigenvalue weighted by Crippen LogP contribution is -2.32. The zero-order valence-electron chi connectivity index (χ0n) is 13.0. The van der Waals surface area contributed by atoms with E-state index in [4.69, 9.17) is 4.52 Å². The van der Waals surface area contributed by atoms with Crippen LogP contribution in [0, 0.1) is 6.92 Å². The van der Waals surface area contributed by atoms with Crippen LogP contribution in [0.3, 0.4) is 0 Å². The number of nitrogens with zero attached hydrogens (tertiary/aromatic N) is 4. The predicted octanol–water partition coefficient (Wildman–Crippen LogP) is 1.38. The minimum Gasteiger partial charge on any atom is -0.361 e. The summed E-state index contributed by atoms with van der Waals surface area (Å²) in [5.74, 6) is 0.632. The van der Waals surface area contributed by atoms with E-state index in [2.05, 4.69) is 15.6 Å². The molecule has 0 spiro atoms. The Balaban J connectivity index is 1.65. The van der Waals surface area contributed by atoms with Gasteiger partial charge in [0.25, 0.3) is 5.91 Å². The van der Waals surface area contributed by atoms with E-state index in [1.807, 2.05) is 23.9 Å². The first-order valence-electron chi connectivity index (χ1n) is 7.57. The van der Waals surface area contributed by atoms with Gasteiger partial charge in [-0.05, 0) is 32.4 Å². The normalized spacial score (nSPS) is 18.4. The Labute approximate surface area is 129 Å². The van der Waals surface area contributed by atoms with Gasteiger partial charge in [-0.2, -0.15) is 5.10 Å². The van der Waals surface area contributed by atoms with Crippen LogP contribution in [0.25, 0.3) is 0 Å². The Morgan fingerprint density at radius 3 is 3.14 bits per heavy atom. The zero-order chi connectivity index (χ0) is 15.5. The van der Waals surface area contributed by atoms with Gasteiger partial charge < -0.3 is 14.7 Å². The number of aryl methyl sites for hydroxylation is 1. The second kappa shape index (κ2) is 6.31. The molecule has 2 aromatic rings. The van der Waals surface area contributed by atoms with Gasteiger partial charge in [0, 0.05) is 25.9 Å². The molecule has 1 aliphatic rings. The first kappa shape index (κ1) is 14.8. The average molecular weight is 303 g/mol. The average Bonchev–Trinajstić information content (AvgIpc) is 3.17. The fourth-order valence-corrected chi connectivity index (χ4v) is 2.72. The summed E-state index contributed by atoms with van der Waals surface area (Å²) in [6, 6.07) is 3.94. The van der Waals surface area contributed by atoms with Gasteiger partial charge in [-0.15, -0.1) is 0 Å². The van der Waals surface area contributed by atoms with Gasteiger partial charge in [0.2, 0.25) is 0 Å². The van der Waals surface area contributed by atoms with Crippen LogP contribution in [0.2, 0.25) is 0 Å². The van der Waals surface area contributed by atoms with E-state index in [1.165, 1.54) is 0 Å². The molecule has 0 aliphatic carbocycles. The van der Waals surface area contributed by atoms with Gasteiger partial charge in [0.15, 0.2) is 0 Å². The Kier molecular flexibility index (Phi) is 4.24. The van der Waals surface area contributed by atoms with Gasteiger partial charge in [0.05, 0.1) is 12.6 Å². The van der Waals surface area contributed by atoms with E-state index in [-0.39, 0.29) is 5.91 Å². The molecule has 2 aromatic heterocycles. The maximum Gasteiger partial charge on any atom is 0.274 e. The molecule has 1 fully saturated rings. The quantitative estimate of drug-likeness (QED) is 0.923. The fourth-order valence-electron chi connectivity index (χ4n) is 2.72. The number of amides is 1. The lowest BCUT2D eigenvalue weighted by atomic mass is 10.1. The van der Waals surface area contributed by atoms with E-state index in [9.17, 15) is 4.79 Å². The molecule has 7 nitrogen and oxygen atoms in total. The Bertz CT molecular complexity index is 642. The third-order valence-corrected chi connectivity index (χ3v) is 3.90. The van der Waals surface area contributed by atoms with Crippen molar-refractivity contribution in [3.05, 3.63) is 35.5 Å². The predicted molar refractivity (Wildman–Crippen MR) is 80.4 cm³/mol. The van der Waals surface area contributed by atoms with Crippen molar-refractivity contribution in [2.45, 2.75) is 32.4 Å². The van der Waals surface area contributed by atoms with Crippen molar-refractivity contribution in [1.29, 1.82) is 0 Å². The number of aromatic nitrogens is 3. The van der Waals surface area contributed by atoms with Crippen molar-refractivity contribution >= 4 is 5.91 Å². The van der Waals surface area contributed by atoms with Gasteiger partial charge in [-0.1, -0.05) is 5.16 Å². The molecule has 0 radical (unpaired) electrons. The zero-order valence-corrected chi connectivity index (χ0v) is 13.0. The number of hydrogen-bond donors (Lipinski definition) is 1. The van der Waals surface area contributed by atoms with E-state index in [1.54, 1.807) is 18.0 Å². The van der Waals surface area contributed by atoms with Crippen LogP contribution in [-0.4, -0.2) is 45.9 Å². The summed E-state index contributed by atoms with van der Waals surface area (Å²) < 4.78 is 6.92. The highest BCUT2D eigenvalue weighted by molar-refractivity contribution is 5.91. The van der Waals surface area contributed by atoms with Crippen molar-refractivity contribution in [2.24, 2.45) is 0 Å². The van der Waals surface area contributed by atoms with Crippen molar-refractivity contribution in [2.75, 3.05) is 20.1 Å². The number of hydrogen-bond acceptors (Lipinski definition) is 5. The maximum atomic E-state index is 12.4. The Hall–Kier alpha value is -2.15. The monoisotopic (exact) mass is 303 g/mol. The number of nitrogens with one attached hydrogen (secondary N) is 1. The fraction of sp³-hybridized carbons (Fsp3) is 0.533. The summed E-state index contributed by atoms with van der Waals surface area (Å²) in [6.07, 6.45) is 4.12. The van der Waals surface area contributed by atoms with Crippen molar-refractivity contribution in [1.82, 2.24) is 25.2 Å². The largest absolute Gasteiger partial charge is 0.361 e. The number of piperidine rings is 1. The van der Waals surface area contributed by atoms with Gasteiger partial charge in [-0.25, -0.2) is 0 Å². The van der Waals surface area contributed by atoms with E-state index in [0.29, 0.717) is 18.3 Å². The van der Waals surface area contributed by atoms with E-state index in [0.717, 1.165) is 37.4 Å². The number of carbonyl (C=O) groups excluding carboxylic acids is 1. The molecular formula is C15H21N5O2. The minimum absolute atomic E-state index is 0.108. The summed E-state index contributed by atoms with van der Waals surface area (Å²) in [5, 5.41) is 11.7. The summed E-state index contributed by atoms with van der Waals surface area (Å²) in [7, 11) is 1.74. The summed E-state index contributed by atoms with van der Waals surface area (Å²) in [4.78, 5) is 14.0. The smallest absolute Gasteiger partial charge is 0.274 e. The Morgan fingerprint density at radius 1 is 1.59 bits per heavy atom. The van der Waals surface area contributed by atoms with Crippen LogP contribution in [0.4, 0.5) is 0 Å². The summed E-state index contributed by atoms with van der Waals surface area (Å²) in [6.45, 7) is 4.21. The van der Waals surface area contributed by atoms with Crippen LogP contribution >= 0.6 is 0 Å². The molecule has 0 aromatic carbocycles. The van der Waals surface area contributed by atoms with Gasteiger partial charge in [-0.3, -0.25) is 9.48 Å². The van der Waals surface area contributed by atoms with Crippen molar-refractivity contribution in [3.63, 3.8) is 0 Å². The third-order valence-electron chi connectivity index (χ3n) is 3.90. The molecule has 3 rings (SSSR count). The third kappa shape index (κ3) is 3.19. The van der Waals surface area contributed by atoms with E-state index >= 15 is 0 Å². The molecule has 0 saturated carbocycles. The molecule has 1 N–H and O–H groups in total. The summed E-state index contributed by atoms with van der Waals surface area (Å²) >= 11 is 0. The lowest BCUT2D eigenvalue weighted by molar-refractivity contribution is 0.0775. The molecule has 3 heterocycles. The van der Waals surface area contributed by atoms with Crippen molar-refractivity contribution in [3.8, 4) is 0 Å². The van der Waals surface area contributed by atoms with Gasteiger partial charge in [0.1, 0.15) is 17.1 Å². The molecule has 0 bridgehead atoms. The van der Waals surface area contributed by atoms with Crippen molar-refractivity contribution < 1.29 is 9.32 Å². The van der Waals surface area contributed by atoms with Crippen LogP contribution in [0.5, 0.6) is 0 Å². The Morgan fingerprint density at radius 2 is 2.45 bits per heavy atom. The van der Waals surface area contributed by atoms with Crippen LogP contribution in [-0.2, 0) is 6.54 Å². The molecule has 0 unspecified atom stereocenters. The van der Waals surface area contributed by atoms with Crippen LogP contribution in [0.15, 0.2) is 22.9 Å². The molecule has 1 atom stereocenters. The lowest BCUT2D eigenvalue weighted by Gasteiger charge is -2.23. The second-order valence-corrected chi connectivity index (χ2v) is 5.77. The molecule has 118 valence electrons. The molecule has 22 heavy (non-hydrogen) atoms. The molecule has 1 amide bonds. The van der Waals surface area contributed by atoms with Crippen LogP contribution in [0.1, 0.15) is 40.8 Å². The molecule has 7 heteroatoms. The second-order valence-electron chi connectivity index (χ2n) is 5.77. The molecule has 1 aliphatic heterocycles. The first-order valence-corrected chi connectivity index (χ1v) is 7.57. The molecular weight excluding hydrogens is 282 g/mol. The highest BCUT2D eigenvalue weighted by Crippen LogP contribution is 2.16. The first-order chi connectivity index (χ1) is 10.6. The maximum absolute atomic E-state index is 12.4. The summed E-state index contributed by atoms with van der Waals surface area (Å²) in [5.41, 5.74) is 1.21. The van der Waals surface area contributed by atoms with Gasteiger partial charge >= 0.3 is 0 Å². The molecule has 1 saturated heterocycles. The number of rotatable bonds is 4. The minimum atomic E-state index is -0.108. The SMILES string of the molecule is Cc1cc(CN(C)C(=O)c2ccn([C@H]3CCCNC3)n2)no1. The van der Waals surface area contributed by atoms with Crippen LogP contribution < -0.4 is 5.32 Å². The highest BCUT2D eigenvalue weighted by Gasteiger charge is 2.20. The topological polar surface area (TPSA) is 76.2 Å². The number of carbonyl (C=O) groups is 1. The van der Waals surface area contributed by atoms with E-state index < -0.39 is 0 Å². The highest BCUT2D eigenvalue weighted by atomic mass is 16.5.